The summed E-state index contributed by atoms with van der Waals surface area (Å²) in [6.07, 6.45) is 3.33. The predicted molar refractivity (Wildman–Crippen MR) is 82.7 cm³/mol. The van der Waals surface area contributed by atoms with E-state index in [-0.39, 0.29) is 11.2 Å². The van der Waals surface area contributed by atoms with Gasteiger partial charge in [-0.2, -0.15) is 0 Å². The lowest BCUT2D eigenvalue weighted by atomic mass is 9.75. The zero-order chi connectivity index (χ0) is 15.6. The van der Waals surface area contributed by atoms with Gasteiger partial charge in [0.2, 0.25) is 0 Å². The highest BCUT2D eigenvalue weighted by Crippen LogP contribution is 2.38. The van der Waals surface area contributed by atoms with Gasteiger partial charge in [0.25, 0.3) is 0 Å². The molecule has 118 valence electrons. The minimum Gasteiger partial charge on any atom is -0.368 e. The highest BCUT2D eigenvalue weighted by molar-refractivity contribution is 5.50. The standard InChI is InChI=1S/C16H25F2N3/c1-19-10-12-8-13(17)15(14(18)9-12)21(4)11-16(20(2)3)6-5-7-16/h8-9,19H,5-7,10-11H2,1-4H3. The van der Waals surface area contributed by atoms with Crippen LogP contribution in [0.3, 0.4) is 0 Å². The van der Waals surface area contributed by atoms with Gasteiger partial charge in [0, 0.05) is 25.7 Å². The van der Waals surface area contributed by atoms with Crippen LogP contribution in [0.1, 0.15) is 24.8 Å². The molecule has 0 bridgehead atoms. The van der Waals surface area contributed by atoms with E-state index in [0.717, 1.165) is 12.8 Å². The Bertz CT molecular complexity index is 475. The van der Waals surface area contributed by atoms with Crippen LogP contribution in [-0.4, -0.2) is 45.2 Å². The summed E-state index contributed by atoms with van der Waals surface area (Å²) in [5, 5.41) is 2.90. The minimum atomic E-state index is -0.490. The molecule has 1 saturated carbocycles. The Hall–Kier alpha value is -1.20. The summed E-state index contributed by atoms with van der Waals surface area (Å²) in [5.41, 5.74) is 0.732. The average molecular weight is 297 g/mol. The second kappa shape index (κ2) is 6.28. The Morgan fingerprint density at radius 3 is 2.10 bits per heavy atom. The molecule has 5 heteroatoms. The van der Waals surface area contributed by atoms with Crippen molar-refractivity contribution in [3.05, 3.63) is 29.3 Å². The molecule has 1 fully saturated rings. The second-order valence-corrected chi connectivity index (χ2v) is 6.27. The van der Waals surface area contributed by atoms with Crippen molar-refractivity contribution in [2.24, 2.45) is 0 Å². The van der Waals surface area contributed by atoms with Gasteiger partial charge in [0.15, 0.2) is 0 Å². The number of likely N-dealkylation sites (N-methyl/N-ethyl adjacent to an activating group) is 2. The molecule has 21 heavy (non-hydrogen) atoms. The van der Waals surface area contributed by atoms with Crippen LogP contribution in [-0.2, 0) is 6.54 Å². The van der Waals surface area contributed by atoms with E-state index < -0.39 is 11.6 Å². The van der Waals surface area contributed by atoms with Crippen molar-refractivity contribution >= 4 is 5.69 Å². The van der Waals surface area contributed by atoms with Gasteiger partial charge >= 0.3 is 0 Å². The molecule has 1 N–H and O–H groups in total. The van der Waals surface area contributed by atoms with Crippen LogP contribution in [0, 0.1) is 11.6 Å². The van der Waals surface area contributed by atoms with Crippen molar-refractivity contribution in [2.75, 3.05) is 39.6 Å². The van der Waals surface area contributed by atoms with Crippen molar-refractivity contribution in [3.63, 3.8) is 0 Å². The van der Waals surface area contributed by atoms with E-state index in [4.69, 9.17) is 0 Å². The number of benzene rings is 1. The molecule has 1 aliphatic carbocycles. The predicted octanol–water partition coefficient (Wildman–Crippen LogP) is 2.60. The van der Waals surface area contributed by atoms with Crippen LogP contribution < -0.4 is 10.2 Å². The summed E-state index contributed by atoms with van der Waals surface area (Å²) in [6.45, 7) is 1.10. The Labute approximate surface area is 125 Å². The summed E-state index contributed by atoms with van der Waals surface area (Å²) in [4.78, 5) is 3.89. The van der Waals surface area contributed by atoms with E-state index in [2.05, 4.69) is 10.2 Å². The maximum atomic E-state index is 14.3. The third-order valence-corrected chi connectivity index (χ3v) is 4.60. The molecule has 1 aromatic carbocycles. The maximum Gasteiger partial charge on any atom is 0.149 e. The lowest BCUT2D eigenvalue weighted by Gasteiger charge is -2.49. The maximum absolute atomic E-state index is 14.3. The number of nitrogens with zero attached hydrogens (tertiary/aromatic N) is 2. The van der Waals surface area contributed by atoms with Gasteiger partial charge in [-0.05, 0) is 58.1 Å². The minimum absolute atomic E-state index is 0.0390. The van der Waals surface area contributed by atoms with E-state index in [1.807, 2.05) is 14.1 Å². The molecule has 0 amide bonds. The van der Waals surface area contributed by atoms with Crippen LogP contribution in [0.2, 0.25) is 0 Å². The van der Waals surface area contributed by atoms with Crippen molar-refractivity contribution in [2.45, 2.75) is 31.3 Å². The van der Waals surface area contributed by atoms with E-state index in [1.54, 1.807) is 19.0 Å². The lowest BCUT2D eigenvalue weighted by molar-refractivity contribution is 0.0681. The second-order valence-electron chi connectivity index (χ2n) is 6.27. The van der Waals surface area contributed by atoms with Crippen LogP contribution >= 0.6 is 0 Å². The van der Waals surface area contributed by atoms with Gasteiger partial charge in [-0.3, -0.25) is 0 Å². The molecule has 0 radical (unpaired) electrons. The third kappa shape index (κ3) is 3.19. The summed E-state index contributed by atoms with van der Waals surface area (Å²) in [5.74, 6) is -0.980. The van der Waals surface area contributed by atoms with E-state index in [0.29, 0.717) is 18.7 Å². The molecule has 1 aliphatic rings. The van der Waals surface area contributed by atoms with Crippen molar-refractivity contribution in [1.82, 2.24) is 10.2 Å². The normalized spacial score (nSPS) is 16.9. The molecule has 1 aromatic rings. The summed E-state index contributed by atoms with van der Waals surface area (Å²) in [7, 11) is 7.60. The first-order chi connectivity index (χ1) is 9.89. The van der Waals surface area contributed by atoms with Crippen LogP contribution in [0.5, 0.6) is 0 Å². The lowest BCUT2D eigenvalue weighted by Crippen LogP contribution is -2.57. The zero-order valence-corrected chi connectivity index (χ0v) is 13.3. The smallest absolute Gasteiger partial charge is 0.149 e. The monoisotopic (exact) mass is 297 g/mol. The fourth-order valence-corrected chi connectivity index (χ4v) is 3.14. The van der Waals surface area contributed by atoms with Crippen molar-refractivity contribution in [3.8, 4) is 0 Å². The topological polar surface area (TPSA) is 18.5 Å². The first kappa shape index (κ1) is 16.2. The Morgan fingerprint density at radius 2 is 1.71 bits per heavy atom. The Kier molecular flexibility index (Phi) is 4.84. The van der Waals surface area contributed by atoms with Gasteiger partial charge in [0.05, 0.1) is 0 Å². The number of hydrogen-bond acceptors (Lipinski definition) is 3. The molecular formula is C16H25F2N3. The largest absolute Gasteiger partial charge is 0.368 e. The number of anilines is 1. The van der Waals surface area contributed by atoms with Crippen molar-refractivity contribution in [1.29, 1.82) is 0 Å². The van der Waals surface area contributed by atoms with Gasteiger partial charge in [-0.25, -0.2) is 8.78 Å². The SMILES string of the molecule is CNCc1cc(F)c(N(C)CC2(N(C)C)CCC2)c(F)c1. The number of halogens is 2. The fourth-order valence-electron chi connectivity index (χ4n) is 3.14. The van der Waals surface area contributed by atoms with E-state index in [9.17, 15) is 8.78 Å². The molecule has 0 aromatic heterocycles. The molecule has 0 aliphatic heterocycles. The van der Waals surface area contributed by atoms with Gasteiger partial charge in [-0.15, -0.1) is 0 Å². The number of hydrogen-bond donors (Lipinski definition) is 1. The van der Waals surface area contributed by atoms with Crippen LogP contribution in [0.4, 0.5) is 14.5 Å². The molecule has 0 heterocycles. The van der Waals surface area contributed by atoms with Gasteiger partial charge in [0.1, 0.15) is 17.3 Å². The molecule has 0 unspecified atom stereocenters. The van der Waals surface area contributed by atoms with Crippen molar-refractivity contribution < 1.29 is 8.78 Å². The van der Waals surface area contributed by atoms with E-state index >= 15 is 0 Å². The first-order valence-electron chi connectivity index (χ1n) is 7.41. The number of nitrogens with one attached hydrogen (secondary N) is 1. The van der Waals surface area contributed by atoms with Gasteiger partial charge < -0.3 is 15.1 Å². The fraction of sp³-hybridized carbons (Fsp3) is 0.625. The highest BCUT2D eigenvalue weighted by atomic mass is 19.1. The Balaban J connectivity index is 2.21. The first-order valence-corrected chi connectivity index (χ1v) is 7.41. The van der Waals surface area contributed by atoms with Crippen LogP contribution in [0.15, 0.2) is 12.1 Å². The molecular weight excluding hydrogens is 272 g/mol. The quantitative estimate of drug-likeness (QED) is 0.871. The molecule has 0 spiro atoms. The summed E-state index contributed by atoms with van der Waals surface area (Å²) < 4.78 is 28.5. The Morgan fingerprint density at radius 1 is 1.14 bits per heavy atom. The molecule has 2 rings (SSSR count). The highest BCUT2D eigenvalue weighted by Gasteiger charge is 2.40. The summed E-state index contributed by atoms with van der Waals surface area (Å²) >= 11 is 0. The average Bonchev–Trinajstić information content (AvgIpc) is 2.32. The molecule has 0 atom stereocenters. The van der Waals surface area contributed by atoms with E-state index in [1.165, 1.54) is 18.6 Å². The third-order valence-electron chi connectivity index (χ3n) is 4.60. The van der Waals surface area contributed by atoms with Gasteiger partial charge in [-0.1, -0.05) is 0 Å². The van der Waals surface area contributed by atoms with Crippen LogP contribution in [0.25, 0.3) is 0 Å². The molecule has 0 saturated heterocycles. The zero-order valence-electron chi connectivity index (χ0n) is 13.3. The number of rotatable bonds is 6. The molecule has 3 nitrogen and oxygen atoms in total. The summed E-state index contributed by atoms with van der Waals surface area (Å²) in [6, 6.07) is 2.82.